The summed E-state index contributed by atoms with van der Waals surface area (Å²) in [4.78, 5) is 34.5. The lowest BCUT2D eigenvalue weighted by atomic mass is 10.1. The van der Waals surface area contributed by atoms with Crippen LogP contribution in [0.5, 0.6) is 0 Å². The molecule has 0 saturated carbocycles. The van der Waals surface area contributed by atoms with Crippen LogP contribution in [0.4, 0.5) is 20.5 Å². The second kappa shape index (κ2) is 10.9. The van der Waals surface area contributed by atoms with Crippen LogP contribution in [0.2, 0.25) is 0 Å². The highest BCUT2D eigenvalue weighted by molar-refractivity contribution is 7.33. The van der Waals surface area contributed by atoms with Gasteiger partial charge >= 0.3 is 16.5 Å². The number of aromatic amines is 1. The van der Waals surface area contributed by atoms with Gasteiger partial charge in [-0.15, -0.1) is 0 Å². The topological polar surface area (TPSA) is 249 Å². The van der Waals surface area contributed by atoms with Crippen LogP contribution in [-0.4, -0.2) is 89.0 Å². The summed E-state index contributed by atoms with van der Waals surface area (Å²) in [5.41, 5.74) is 11.0. The Morgan fingerprint density at radius 1 is 0.837 bits per heavy atom. The standard InChI is InChI=1S/C20H22F2N10O9P2/c21-8-6-1-36-42(34)40-12-7(39-18(9(12)22)32-5-28-11-16(32)29-20(24)30-17(11)33)2-37-43(35)41-13(8)19(38-6)31-4-27-10-14(23)25-3-26-15(10)31/h3-9,12-13,18-19,42-43H,1-2H2,(H2,23,25,26)(H3,24,29,30,33)/t6-,7-,8-,9-,12-,13-,18-,19-/m1/s1. The number of imidazole rings is 2. The highest BCUT2D eigenvalue weighted by atomic mass is 31.1. The summed E-state index contributed by atoms with van der Waals surface area (Å²) in [6, 6.07) is 0. The molecule has 0 spiro atoms. The van der Waals surface area contributed by atoms with E-state index in [1.54, 1.807) is 0 Å². The Morgan fingerprint density at radius 3 is 2.26 bits per heavy atom. The molecule has 10 atom stereocenters. The number of rotatable bonds is 2. The molecule has 23 heteroatoms. The lowest BCUT2D eigenvalue weighted by Crippen LogP contribution is -2.33. The van der Waals surface area contributed by atoms with Crippen molar-refractivity contribution in [2.24, 2.45) is 0 Å². The molecule has 7 heterocycles. The fraction of sp³-hybridized carbons (Fsp3) is 0.500. The molecule has 4 aromatic rings. The van der Waals surface area contributed by atoms with Gasteiger partial charge in [0.25, 0.3) is 5.56 Å². The zero-order chi connectivity index (χ0) is 30.0. The molecule has 3 fully saturated rings. The fourth-order valence-corrected chi connectivity index (χ4v) is 6.86. The monoisotopic (exact) mass is 646 g/mol. The summed E-state index contributed by atoms with van der Waals surface area (Å²) in [5, 5.41) is 0. The minimum atomic E-state index is -3.49. The summed E-state index contributed by atoms with van der Waals surface area (Å²) in [6.07, 6.45) is -8.96. The number of halogens is 2. The minimum absolute atomic E-state index is 0.0658. The third-order valence-electron chi connectivity index (χ3n) is 7.11. The number of hydrogen-bond donors (Lipinski definition) is 3. The molecule has 3 aliphatic rings. The molecule has 3 saturated heterocycles. The van der Waals surface area contributed by atoms with Gasteiger partial charge in [0, 0.05) is 0 Å². The zero-order valence-electron chi connectivity index (χ0n) is 21.5. The van der Waals surface area contributed by atoms with Crippen LogP contribution < -0.4 is 17.0 Å². The molecule has 0 radical (unpaired) electrons. The second-order valence-corrected chi connectivity index (χ2v) is 11.7. The van der Waals surface area contributed by atoms with Gasteiger partial charge in [0.05, 0.1) is 25.9 Å². The van der Waals surface area contributed by atoms with Gasteiger partial charge in [-0.2, -0.15) is 4.98 Å². The molecule has 0 aliphatic carbocycles. The second-order valence-electron chi connectivity index (χ2n) is 9.66. The summed E-state index contributed by atoms with van der Waals surface area (Å²) in [6.45, 7) is -1.19. The highest BCUT2D eigenvalue weighted by Gasteiger charge is 2.51. The number of nitrogens with one attached hydrogen (secondary N) is 1. The number of aromatic nitrogens is 8. The SMILES string of the molecule is Nc1nc2c(ncn2[C@@H]2O[C@@H]3CO[PH](=O)O[C@@H]4[C@H](F)[C@@H](CO[PH](=O)O[C@H]3[C@H]2F)O[C@H]4n2cnc3c(N)ncnc32)c(=O)[nH]1. The van der Waals surface area contributed by atoms with Gasteiger partial charge in [0.15, 0.2) is 47.4 Å². The average molecular weight is 646 g/mol. The number of ether oxygens (including phenoxy) is 2. The molecule has 5 N–H and O–H groups in total. The average Bonchev–Trinajstić information content (AvgIpc) is 3.72. The number of anilines is 2. The number of fused-ring (bicyclic) bond motifs is 5. The van der Waals surface area contributed by atoms with Crippen molar-refractivity contribution in [3.63, 3.8) is 0 Å². The lowest BCUT2D eigenvalue weighted by molar-refractivity contribution is -0.0553. The van der Waals surface area contributed by atoms with Crippen LogP contribution in [0.25, 0.3) is 22.3 Å². The van der Waals surface area contributed by atoms with E-state index in [0.29, 0.717) is 0 Å². The van der Waals surface area contributed by atoms with Crippen molar-refractivity contribution in [3.05, 3.63) is 29.3 Å². The Morgan fingerprint density at radius 2 is 1.49 bits per heavy atom. The summed E-state index contributed by atoms with van der Waals surface area (Å²) in [7, 11) is -6.98. The molecule has 3 aliphatic heterocycles. The first-order valence-corrected chi connectivity index (χ1v) is 15.1. The van der Waals surface area contributed by atoms with Gasteiger partial charge in [-0.25, -0.2) is 28.7 Å². The zero-order valence-corrected chi connectivity index (χ0v) is 23.5. The van der Waals surface area contributed by atoms with Crippen LogP contribution >= 0.6 is 16.5 Å². The molecule has 19 nitrogen and oxygen atoms in total. The Kier molecular flexibility index (Phi) is 7.21. The van der Waals surface area contributed by atoms with Gasteiger partial charge in [-0.05, 0) is 0 Å². The van der Waals surface area contributed by atoms with E-state index in [9.17, 15) is 13.9 Å². The molecular weight excluding hydrogens is 624 g/mol. The van der Waals surface area contributed by atoms with Gasteiger partial charge < -0.3 is 34.5 Å². The van der Waals surface area contributed by atoms with E-state index in [2.05, 4.69) is 29.9 Å². The van der Waals surface area contributed by atoms with E-state index in [1.807, 2.05) is 0 Å². The number of H-pyrrole nitrogens is 1. The van der Waals surface area contributed by atoms with E-state index in [4.69, 9.17) is 39.0 Å². The van der Waals surface area contributed by atoms with E-state index in [1.165, 1.54) is 17.2 Å². The number of alkyl halides is 2. The Labute approximate surface area is 238 Å². The van der Waals surface area contributed by atoms with Gasteiger partial charge in [0.2, 0.25) is 5.95 Å². The predicted octanol–water partition coefficient (Wildman–Crippen LogP) is 0.191. The van der Waals surface area contributed by atoms with E-state index < -0.39 is 84.5 Å². The van der Waals surface area contributed by atoms with Crippen molar-refractivity contribution in [3.8, 4) is 0 Å². The molecule has 43 heavy (non-hydrogen) atoms. The maximum Gasteiger partial charge on any atom is 0.319 e. The third kappa shape index (κ3) is 4.91. The van der Waals surface area contributed by atoms with Crippen LogP contribution in [-0.2, 0) is 36.7 Å². The number of hydrogen-bond acceptors (Lipinski definition) is 16. The molecule has 2 unspecified atom stereocenters. The van der Waals surface area contributed by atoms with Gasteiger partial charge in [-0.3, -0.25) is 32.6 Å². The molecule has 0 aromatic carbocycles. The van der Waals surface area contributed by atoms with Crippen LogP contribution in [0.15, 0.2) is 23.8 Å². The van der Waals surface area contributed by atoms with Gasteiger partial charge in [-0.1, -0.05) is 0 Å². The van der Waals surface area contributed by atoms with Crippen LogP contribution in [0, 0.1) is 0 Å². The van der Waals surface area contributed by atoms with Crippen molar-refractivity contribution < 1.29 is 45.5 Å². The van der Waals surface area contributed by atoms with Gasteiger partial charge in [0.1, 0.15) is 36.3 Å². The van der Waals surface area contributed by atoms with Crippen molar-refractivity contribution in [2.45, 2.75) is 49.2 Å². The number of nitrogens with zero attached hydrogens (tertiary/aromatic N) is 7. The predicted molar refractivity (Wildman–Crippen MR) is 140 cm³/mol. The molecule has 2 bridgehead atoms. The minimum Gasteiger partial charge on any atom is -0.382 e. The van der Waals surface area contributed by atoms with E-state index in [0.717, 1.165) is 10.9 Å². The van der Waals surface area contributed by atoms with Crippen molar-refractivity contribution in [2.75, 3.05) is 24.7 Å². The quantitative estimate of drug-likeness (QED) is 0.246. The summed E-state index contributed by atoms with van der Waals surface area (Å²) >= 11 is 0. The molecule has 4 aromatic heterocycles. The number of nitrogen functional groups attached to an aromatic ring is 2. The van der Waals surface area contributed by atoms with Crippen LogP contribution in [0.1, 0.15) is 12.5 Å². The van der Waals surface area contributed by atoms with Crippen molar-refractivity contribution in [1.29, 1.82) is 0 Å². The normalized spacial score (nSPS) is 35.4. The van der Waals surface area contributed by atoms with E-state index in [-0.39, 0.29) is 34.1 Å². The van der Waals surface area contributed by atoms with Crippen LogP contribution in [0.3, 0.4) is 0 Å². The van der Waals surface area contributed by atoms with Crippen molar-refractivity contribution in [1.82, 2.24) is 39.0 Å². The summed E-state index contributed by atoms with van der Waals surface area (Å²) < 4.78 is 92.5. The van der Waals surface area contributed by atoms with Crippen molar-refractivity contribution >= 4 is 50.6 Å². The Hall–Kier alpha value is -3.42. The smallest absolute Gasteiger partial charge is 0.319 e. The fourth-order valence-electron chi connectivity index (χ4n) is 5.15. The Bertz CT molecular complexity index is 1810. The number of nitrogens with two attached hydrogens (primary N) is 2. The molecular formula is C20H22F2N10O9P2. The molecule has 0 amide bonds. The highest BCUT2D eigenvalue weighted by Crippen LogP contribution is 2.45. The molecule has 230 valence electrons. The first-order chi connectivity index (χ1) is 20.7. The Balaban J connectivity index is 1.16. The molecule has 7 rings (SSSR count). The lowest BCUT2D eigenvalue weighted by Gasteiger charge is -2.22. The van der Waals surface area contributed by atoms with E-state index >= 15 is 8.78 Å². The third-order valence-corrected chi connectivity index (χ3v) is 8.85. The largest absolute Gasteiger partial charge is 0.382 e. The first kappa shape index (κ1) is 28.4. The maximum absolute atomic E-state index is 15.8. The first-order valence-electron chi connectivity index (χ1n) is 12.6. The maximum atomic E-state index is 15.8. The summed E-state index contributed by atoms with van der Waals surface area (Å²) in [5.74, 6) is -0.180.